The van der Waals surface area contributed by atoms with Gasteiger partial charge in [0.1, 0.15) is 11.5 Å². The first-order valence-electron chi connectivity index (χ1n) is 6.24. The summed E-state index contributed by atoms with van der Waals surface area (Å²) in [5.74, 6) is 7.34. The minimum absolute atomic E-state index is 0.0902. The third-order valence-electron chi connectivity index (χ3n) is 3.77. The molecule has 0 saturated carbocycles. The average molecular weight is 267 g/mol. The van der Waals surface area contributed by atoms with Crippen molar-refractivity contribution in [3.05, 3.63) is 23.8 Å². The van der Waals surface area contributed by atoms with E-state index < -0.39 is 0 Å². The van der Waals surface area contributed by atoms with Gasteiger partial charge in [0, 0.05) is 11.1 Å². The number of rotatable bonds is 6. The summed E-state index contributed by atoms with van der Waals surface area (Å²) >= 11 is 0. The summed E-state index contributed by atoms with van der Waals surface area (Å²) in [5.41, 5.74) is 3.68. The summed E-state index contributed by atoms with van der Waals surface area (Å²) in [6.07, 6.45) is 0. The molecule has 0 aliphatic carbocycles. The third-order valence-corrected chi connectivity index (χ3v) is 3.77. The van der Waals surface area contributed by atoms with Crippen molar-refractivity contribution >= 4 is 0 Å². The Bertz CT molecular complexity index is 419. The highest BCUT2D eigenvalue weighted by molar-refractivity contribution is 5.43. The van der Waals surface area contributed by atoms with Gasteiger partial charge in [0.05, 0.1) is 20.3 Å². The highest BCUT2D eigenvalue weighted by Gasteiger charge is 2.34. The van der Waals surface area contributed by atoms with E-state index >= 15 is 0 Å². The van der Waals surface area contributed by atoms with Crippen LogP contribution in [0.4, 0.5) is 0 Å². The number of likely N-dealkylation sites (N-methyl/N-ethyl adjacent to an activating group) is 1. The van der Waals surface area contributed by atoms with Crippen molar-refractivity contribution in [2.75, 3.05) is 28.3 Å². The fourth-order valence-corrected chi connectivity index (χ4v) is 2.00. The van der Waals surface area contributed by atoms with Crippen LogP contribution in [0.25, 0.3) is 0 Å². The molecule has 1 aromatic carbocycles. The molecule has 3 N–H and O–H groups in total. The Kier molecular flexibility index (Phi) is 5.17. The van der Waals surface area contributed by atoms with Crippen molar-refractivity contribution in [3.63, 3.8) is 0 Å². The predicted octanol–water partition coefficient (Wildman–Crippen LogP) is 1.55. The highest BCUT2D eigenvalue weighted by atomic mass is 16.5. The smallest absolute Gasteiger partial charge is 0.124 e. The number of hydrazine groups is 1. The Morgan fingerprint density at radius 2 is 1.84 bits per heavy atom. The summed E-state index contributed by atoms with van der Waals surface area (Å²) in [4.78, 5) is 2.12. The zero-order valence-electron chi connectivity index (χ0n) is 12.7. The Hall–Kier alpha value is -1.30. The van der Waals surface area contributed by atoms with Crippen LogP contribution in [-0.4, -0.2) is 38.8 Å². The molecule has 0 fully saturated rings. The van der Waals surface area contributed by atoms with Crippen molar-refractivity contribution in [1.29, 1.82) is 0 Å². The first kappa shape index (κ1) is 15.8. The van der Waals surface area contributed by atoms with Gasteiger partial charge in [-0.05, 0) is 46.1 Å². The number of hydrogen-bond donors (Lipinski definition) is 2. The molecule has 0 saturated heterocycles. The first-order valence-corrected chi connectivity index (χ1v) is 6.24. The monoisotopic (exact) mass is 267 g/mol. The number of nitrogens with one attached hydrogen (secondary N) is 1. The van der Waals surface area contributed by atoms with Gasteiger partial charge in [-0.25, -0.2) is 0 Å². The molecule has 0 aromatic heterocycles. The van der Waals surface area contributed by atoms with Crippen molar-refractivity contribution < 1.29 is 9.47 Å². The van der Waals surface area contributed by atoms with Crippen LogP contribution in [0.3, 0.4) is 0 Å². The van der Waals surface area contributed by atoms with Gasteiger partial charge in [-0.2, -0.15) is 0 Å². The maximum atomic E-state index is 5.77. The van der Waals surface area contributed by atoms with Gasteiger partial charge in [0.2, 0.25) is 0 Å². The largest absolute Gasteiger partial charge is 0.497 e. The Labute approximate surface area is 115 Å². The van der Waals surface area contributed by atoms with Gasteiger partial charge < -0.3 is 14.4 Å². The van der Waals surface area contributed by atoms with Crippen LogP contribution in [0.5, 0.6) is 11.5 Å². The highest BCUT2D eigenvalue weighted by Crippen LogP contribution is 2.36. The molecule has 0 bridgehead atoms. The second-order valence-electron chi connectivity index (χ2n) is 5.26. The zero-order valence-corrected chi connectivity index (χ0v) is 12.7. The van der Waals surface area contributed by atoms with Crippen molar-refractivity contribution in [2.45, 2.75) is 25.4 Å². The van der Waals surface area contributed by atoms with Crippen LogP contribution in [-0.2, 0) is 0 Å². The van der Waals surface area contributed by atoms with E-state index in [0.717, 1.165) is 17.1 Å². The van der Waals surface area contributed by atoms with E-state index in [1.165, 1.54) is 0 Å². The van der Waals surface area contributed by atoms with Gasteiger partial charge in [0.25, 0.3) is 0 Å². The molecule has 0 aliphatic rings. The molecule has 0 amide bonds. The standard InChI is InChI=1S/C14H25N3O2/c1-14(2,17(3)4)13(16-15)11-9-10(18-5)7-8-12(11)19-6/h7-9,13,16H,15H2,1-6H3. The third kappa shape index (κ3) is 3.18. The molecule has 5 nitrogen and oxygen atoms in total. The van der Waals surface area contributed by atoms with E-state index in [2.05, 4.69) is 24.2 Å². The van der Waals surface area contributed by atoms with E-state index in [-0.39, 0.29) is 11.6 Å². The number of nitrogens with two attached hydrogens (primary N) is 1. The lowest BCUT2D eigenvalue weighted by atomic mass is 9.87. The topological polar surface area (TPSA) is 59.8 Å². The molecule has 1 aromatic rings. The van der Waals surface area contributed by atoms with Crippen LogP contribution in [0.15, 0.2) is 18.2 Å². The number of ether oxygens (including phenoxy) is 2. The summed E-state index contributed by atoms with van der Waals surface area (Å²) in [5, 5.41) is 0. The van der Waals surface area contributed by atoms with Gasteiger partial charge in [-0.3, -0.25) is 11.3 Å². The number of benzene rings is 1. The maximum absolute atomic E-state index is 5.77. The minimum Gasteiger partial charge on any atom is -0.497 e. The Balaban J connectivity index is 3.30. The molecule has 108 valence electrons. The van der Waals surface area contributed by atoms with Gasteiger partial charge in [-0.15, -0.1) is 0 Å². The van der Waals surface area contributed by atoms with Gasteiger partial charge >= 0.3 is 0 Å². The van der Waals surface area contributed by atoms with Crippen molar-refractivity contribution in [1.82, 2.24) is 10.3 Å². The normalized spacial score (nSPS) is 13.5. The molecule has 0 aliphatic heterocycles. The van der Waals surface area contributed by atoms with Crippen LogP contribution in [0.2, 0.25) is 0 Å². The number of hydrogen-bond acceptors (Lipinski definition) is 5. The van der Waals surface area contributed by atoms with E-state index in [1.807, 2.05) is 32.3 Å². The van der Waals surface area contributed by atoms with Gasteiger partial charge in [0.15, 0.2) is 0 Å². The summed E-state index contributed by atoms with van der Waals surface area (Å²) in [6, 6.07) is 5.63. The molecule has 0 radical (unpaired) electrons. The molecule has 1 rings (SSSR count). The molecule has 1 atom stereocenters. The van der Waals surface area contributed by atoms with Crippen molar-refractivity contribution in [2.24, 2.45) is 5.84 Å². The maximum Gasteiger partial charge on any atom is 0.124 e. The van der Waals surface area contributed by atoms with Crippen LogP contribution >= 0.6 is 0 Å². The van der Waals surface area contributed by atoms with E-state index in [9.17, 15) is 0 Å². The molecular formula is C14H25N3O2. The quantitative estimate of drug-likeness (QED) is 0.605. The zero-order chi connectivity index (χ0) is 14.6. The summed E-state index contributed by atoms with van der Waals surface area (Å²) < 4.78 is 10.7. The summed E-state index contributed by atoms with van der Waals surface area (Å²) in [7, 11) is 7.35. The van der Waals surface area contributed by atoms with Crippen LogP contribution < -0.4 is 20.7 Å². The fourth-order valence-electron chi connectivity index (χ4n) is 2.00. The lowest BCUT2D eigenvalue weighted by Crippen LogP contribution is -2.51. The molecule has 5 heteroatoms. The Morgan fingerprint density at radius 3 is 2.26 bits per heavy atom. The minimum atomic E-state index is -0.186. The summed E-state index contributed by atoms with van der Waals surface area (Å²) in [6.45, 7) is 4.24. The van der Waals surface area contributed by atoms with Crippen molar-refractivity contribution in [3.8, 4) is 11.5 Å². The lowest BCUT2D eigenvalue weighted by Gasteiger charge is -2.40. The van der Waals surface area contributed by atoms with Crippen LogP contribution in [0, 0.1) is 0 Å². The van der Waals surface area contributed by atoms with Gasteiger partial charge in [-0.1, -0.05) is 0 Å². The number of nitrogens with zero attached hydrogens (tertiary/aromatic N) is 1. The molecular weight excluding hydrogens is 242 g/mol. The molecule has 19 heavy (non-hydrogen) atoms. The van der Waals surface area contributed by atoms with E-state index in [0.29, 0.717) is 0 Å². The molecule has 0 heterocycles. The SMILES string of the molecule is COc1ccc(OC)c(C(NN)C(C)(C)N(C)C)c1. The molecule has 1 unspecified atom stereocenters. The average Bonchev–Trinajstić information content (AvgIpc) is 2.38. The second-order valence-corrected chi connectivity index (χ2v) is 5.26. The fraction of sp³-hybridized carbons (Fsp3) is 0.571. The number of methoxy groups -OCH3 is 2. The van der Waals surface area contributed by atoms with Crippen LogP contribution in [0.1, 0.15) is 25.5 Å². The van der Waals surface area contributed by atoms with E-state index in [4.69, 9.17) is 15.3 Å². The second kappa shape index (κ2) is 6.23. The predicted molar refractivity (Wildman–Crippen MR) is 77.4 cm³/mol. The lowest BCUT2D eigenvalue weighted by molar-refractivity contribution is 0.136. The Morgan fingerprint density at radius 1 is 1.21 bits per heavy atom. The first-order chi connectivity index (χ1) is 8.88. The van der Waals surface area contributed by atoms with E-state index in [1.54, 1.807) is 14.2 Å². The molecule has 0 spiro atoms.